The predicted molar refractivity (Wildman–Crippen MR) is 101 cm³/mol. The van der Waals surface area contributed by atoms with Crippen LogP contribution in [-0.2, 0) is 4.79 Å². The summed E-state index contributed by atoms with van der Waals surface area (Å²) in [5, 5.41) is 2.80. The number of piperazine rings is 1. The van der Waals surface area contributed by atoms with Crippen molar-refractivity contribution >= 4 is 17.6 Å². The van der Waals surface area contributed by atoms with Gasteiger partial charge in [0.25, 0.3) is 5.91 Å². The standard InChI is InChI=1S/C20H24N4O2/c1-15-6-8-17(9-7-15)19(25)22-16(2)20(26)24-13-11-23(12-14-24)18-5-3-4-10-21-18/h3-10,16H,11-14H2,1-2H3,(H,22,25). The number of hydrogen-bond donors (Lipinski definition) is 1. The summed E-state index contributed by atoms with van der Waals surface area (Å²) < 4.78 is 0. The highest BCUT2D eigenvalue weighted by Crippen LogP contribution is 2.13. The van der Waals surface area contributed by atoms with E-state index >= 15 is 0 Å². The van der Waals surface area contributed by atoms with Crippen molar-refractivity contribution in [3.05, 3.63) is 59.8 Å². The number of carbonyl (C=O) groups is 2. The van der Waals surface area contributed by atoms with E-state index < -0.39 is 6.04 Å². The maximum Gasteiger partial charge on any atom is 0.251 e. The summed E-state index contributed by atoms with van der Waals surface area (Å²) in [5.74, 6) is 0.657. The predicted octanol–water partition coefficient (Wildman–Crippen LogP) is 1.86. The topological polar surface area (TPSA) is 65.5 Å². The molecule has 2 aromatic rings. The normalized spacial score (nSPS) is 15.5. The lowest BCUT2D eigenvalue weighted by atomic mass is 10.1. The van der Waals surface area contributed by atoms with Crippen LogP contribution in [-0.4, -0.2) is 53.9 Å². The van der Waals surface area contributed by atoms with Crippen LogP contribution in [0.25, 0.3) is 0 Å². The van der Waals surface area contributed by atoms with Gasteiger partial charge in [-0.05, 0) is 38.1 Å². The fraction of sp³-hybridized carbons (Fsp3) is 0.350. The first-order chi connectivity index (χ1) is 12.5. The fourth-order valence-corrected chi connectivity index (χ4v) is 3.02. The highest BCUT2D eigenvalue weighted by molar-refractivity contribution is 5.97. The first-order valence-corrected chi connectivity index (χ1v) is 8.87. The van der Waals surface area contributed by atoms with Gasteiger partial charge in [-0.1, -0.05) is 23.8 Å². The highest BCUT2D eigenvalue weighted by atomic mass is 16.2. The van der Waals surface area contributed by atoms with Crippen LogP contribution in [0.5, 0.6) is 0 Å². The van der Waals surface area contributed by atoms with E-state index in [1.54, 1.807) is 30.2 Å². The second-order valence-electron chi connectivity index (χ2n) is 6.56. The van der Waals surface area contributed by atoms with Gasteiger partial charge in [0.05, 0.1) is 0 Å². The molecule has 1 atom stereocenters. The van der Waals surface area contributed by atoms with E-state index in [1.807, 2.05) is 37.3 Å². The van der Waals surface area contributed by atoms with Crippen LogP contribution < -0.4 is 10.2 Å². The molecule has 1 unspecified atom stereocenters. The molecule has 2 heterocycles. The van der Waals surface area contributed by atoms with Gasteiger partial charge in [-0.25, -0.2) is 4.98 Å². The fourth-order valence-electron chi connectivity index (χ4n) is 3.02. The maximum atomic E-state index is 12.6. The summed E-state index contributed by atoms with van der Waals surface area (Å²) in [5.41, 5.74) is 1.66. The van der Waals surface area contributed by atoms with E-state index in [4.69, 9.17) is 0 Å². The molecule has 0 saturated carbocycles. The molecule has 26 heavy (non-hydrogen) atoms. The number of nitrogens with one attached hydrogen (secondary N) is 1. The van der Waals surface area contributed by atoms with Gasteiger partial charge in [0.1, 0.15) is 11.9 Å². The quantitative estimate of drug-likeness (QED) is 0.912. The van der Waals surface area contributed by atoms with Gasteiger partial charge in [0.2, 0.25) is 5.91 Å². The van der Waals surface area contributed by atoms with Crippen molar-refractivity contribution in [3.63, 3.8) is 0 Å². The van der Waals surface area contributed by atoms with Gasteiger partial charge in [0.15, 0.2) is 0 Å². The lowest BCUT2D eigenvalue weighted by molar-refractivity contribution is -0.133. The minimum atomic E-state index is -0.551. The molecule has 1 aliphatic heterocycles. The van der Waals surface area contributed by atoms with Gasteiger partial charge >= 0.3 is 0 Å². The Balaban J connectivity index is 1.53. The summed E-state index contributed by atoms with van der Waals surface area (Å²) in [6, 6.07) is 12.6. The van der Waals surface area contributed by atoms with E-state index in [0.717, 1.165) is 24.5 Å². The molecule has 6 heteroatoms. The minimum Gasteiger partial charge on any atom is -0.353 e. The average Bonchev–Trinajstić information content (AvgIpc) is 2.68. The molecule has 1 aromatic carbocycles. The Morgan fingerprint density at radius 2 is 1.73 bits per heavy atom. The molecule has 0 radical (unpaired) electrons. The Hall–Kier alpha value is -2.89. The number of carbonyl (C=O) groups excluding carboxylic acids is 2. The second kappa shape index (κ2) is 7.99. The molecule has 1 saturated heterocycles. The number of amides is 2. The van der Waals surface area contributed by atoms with Crippen molar-refractivity contribution in [2.45, 2.75) is 19.9 Å². The van der Waals surface area contributed by atoms with E-state index in [1.165, 1.54) is 0 Å². The highest BCUT2D eigenvalue weighted by Gasteiger charge is 2.26. The summed E-state index contributed by atoms with van der Waals surface area (Å²) >= 11 is 0. The summed E-state index contributed by atoms with van der Waals surface area (Å²) in [7, 11) is 0. The molecular weight excluding hydrogens is 328 g/mol. The van der Waals surface area contributed by atoms with E-state index in [-0.39, 0.29) is 11.8 Å². The Bertz CT molecular complexity index is 753. The lowest BCUT2D eigenvalue weighted by Crippen LogP contribution is -2.54. The molecule has 3 rings (SSSR count). The molecular formula is C20H24N4O2. The lowest BCUT2D eigenvalue weighted by Gasteiger charge is -2.36. The van der Waals surface area contributed by atoms with Gasteiger partial charge < -0.3 is 15.1 Å². The molecule has 6 nitrogen and oxygen atoms in total. The first-order valence-electron chi connectivity index (χ1n) is 8.87. The minimum absolute atomic E-state index is 0.0499. The summed E-state index contributed by atoms with van der Waals surface area (Å²) in [6.45, 7) is 6.43. The zero-order valence-corrected chi connectivity index (χ0v) is 15.2. The van der Waals surface area contributed by atoms with Crippen molar-refractivity contribution in [3.8, 4) is 0 Å². The van der Waals surface area contributed by atoms with Crippen molar-refractivity contribution in [2.75, 3.05) is 31.1 Å². The third-order valence-corrected chi connectivity index (χ3v) is 4.60. The van der Waals surface area contributed by atoms with Crippen molar-refractivity contribution in [1.82, 2.24) is 15.2 Å². The molecule has 136 valence electrons. The molecule has 1 fully saturated rings. The Morgan fingerprint density at radius 3 is 2.35 bits per heavy atom. The van der Waals surface area contributed by atoms with Crippen molar-refractivity contribution in [1.29, 1.82) is 0 Å². The molecule has 1 N–H and O–H groups in total. The molecule has 0 spiro atoms. The molecule has 2 amide bonds. The van der Waals surface area contributed by atoms with Crippen LogP contribution in [0, 0.1) is 6.92 Å². The van der Waals surface area contributed by atoms with Gasteiger partial charge in [-0.3, -0.25) is 9.59 Å². The van der Waals surface area contributed by atoms with Crippen LogP contribution in [0.1, 0.15) is 22.8 Å². The Kier molecular flexibility index (Phi) is 5.51. The monoisotopic (exact) mass is 352 g/mol. The smallest absolute Gasteiger partial charge is 0.251 e. The summed E-state index contributed by atoms with van der Waals surface area (Å²) in [4.78, 5) is 33.3. The van der Waals surface area contributed by atoms with Crippen molar-refractivity contribution in [2.24, 2.45) is 0 Å². The Labute approximate surface area is 153 Å². The number of hydrogen-bond acceptors (Lipinski definition) is 4. The number of benzene rings is 1. The average molecular weight is 352 g/mol. The summed E-state index contributed by atoms with van der Waals surface area (Å²) in [6.07, 6.45) is 1.77. The molecule has 0 bridgehead atoms. The van der Waals surface area contributed by atoms with Crippen LogP contribution in [0.4, 0.5) is 5.82 Å². The first kappa shape index (κ1) is 17.9. The third kappa shape index (κ3) is 4.20. The van der Waals surface area contributed by atoms with Crippen molar-refractivity contribution < 1.29 is 9.59 Å². The number of nitrogens with zero attached hydrogens (tertiary/aromatic N) is 3. The zero-order chi connectivity index (χ0) is 18.5. The van der Waals surface area contributed by atoms with E-state index in [0.29, 0.717) is 18.7 Å². The van der Waals surface area contributed by atoms with Gasteiger partial charge in [-0.15, -0.1) is 0 Å². The van der Waals surface area contributed by atoms with E-state index in [9.17, 15) is 9.59 Å². The SMILES string of the molecule is Cc1ccc(C(=O)NC(C)C(=O)N2CCN(c3ccccn3)CC2)cc1. The number of rotatable bonds is 4. The Morgan fingerprint density at radius 1 is 1.04 bits per heavy atom. The van der Waals surface area contributed by atoms with Gasteiger partial charge in [-0.2, -0.15) is 0 Å². The molecule has 1 aliphatic rings. The second-order valence-corrected chi connectivity index (χ2v) is 6.56. The maximum absolute atomic E-state index is 12.6. The van der Waals surface area contributed by atoms with Gasteiger partial charge in [0, 0.05) is 37.9 Å². The molecule has 0 aliphatic carbocycles. The number of pyridine rings is 1. The van der Waals surface area contributed by atoms with Crippen LogP contribution >= 0.6 is 0 Å². The number of aromatic nitrogens is 1. The third-order valence-electron chi connectivity index (χ3n) is 4.60. The van der Waals surface area contributed by atoms with Crippen LogP contribution in [0.15, 0.2) is 48.7 Å². The number of anilines is 1. The largest absolute Gasteiger partial charge is 0.353 e. The zero-order valence-electron chi connectivity index (χ0n) is 15.2. The van der Waals surface area contributed by atoms with Crippen LogP contribution in [0.2, 0.25) is 0 Å². The number of aryl methyl sites for hydroxylation is 1. The van der Waals surface area contributed by atoms with Crippen LogP contribution in [0.3, 0.4) is 0 Å². The molecule has 1 aromatic heterocycles. The van der Waals surface area contributed by atoms with E-state index in [2.05, 4.69) is 15.2 Å².